The number of carbonyl (C=O) groups is 1. The highest BCUT2D eigenvalue weighted by Gasteiger charge is 2.16. The summed E-state index contributed by atoms with van der Waals surface area (Å²) in [4.78, 5) is 10.8. The lowest BCUT2D eigenvalue weighted by molar-refractivity contribution is -0.118. The predicted molar refractivity (Wildman–Crippen MR) is 54.8 cm³/mol. The Balaban J connectivity index is 2.19. The zero-order chi connectivity index (χ0) is 10.8. The molecule has 0 radical (unpaired) electrons. The average molecular weight is 207 g/mol. The SMILES string of the molecule is C[C@H](CC(N)=O)c1ccc2c(c1)OCO2. The minimum Gasteiger partial charge on any atom is -0.454 e. The Bertz CT molecular complexity index is 389. The Morgan fingerprint density at radius 1 is 1.47 bits per heavy atom. The van der Waals surface area contributed by atoms with Crippen molar-refractivity contribution >= 4 is 5.91 Å². The molecule has 1 aromatic carbocycles. The van der Waals surface area contributed by atoms with Gasteiger partial charge < -0.3 is 15.2 Å². The van der Waals surface area contributed by atoms with Crippen LogP contribution in [0.25, 0.3) is 0 Å². The normalized spacial score (nSPS) is 15.0. The first-order valence-corrected chi connectivity index (χ1v) is 4.84. The molecule has 1 atom stereocenters. The molecule has 0 fully saturated rings. The third-order valence-electron chi connectivity index (χ3n) is 2.47. The van der Waals surface area contributed by atoms with Crippen LogP contribution in [0.4, 0.5) is 0 Å². The maximum atomic E-state index is 10.8. The van der Waals surface area contributed by atoms with Crippen molar-refractivity contribution in [2.24, 2.45) is 5.73 Å². The summed E-state index contributed by atoms with van der Waals surface area (Å²) >= 11 is 0. The monoisotopic (exact) mass is 207 g/mol. The lowest BCUT2D eigenvalue weighted by Crippen LogP contribution is -2.13. The molecule has 1 amide bonds. The molecule has 4 nitrogen and oxygen atoms in total. The number of primary amides is 1. The van der Waals surface area contributed by atoms with E-state index in [-0.39, 0.29) is 18.6 Å². The summed E-state index contributed by atoms with van der Waals surface area (Å²) in [5, 5.41) is 0. The van der Waals surface area contributed by atoms with E-state index < -0.39 is 0 Å². The van der Waals surface area contributed by atoms with Gasteiger partial charge in [0.15, 0.2) is 11.5 Å². The van der Waals surface area contributed by atoms with E-state index in [1.807, 2.05) is 25.1 Å². The van der Waals surface area contributed by atoms with Crippen molar-refractivity contribution in [2.45, 2.75) is 19.3 Å². The number of hydrogen-bond donors (Lipinski definition) is 1. The number of nitrogens with two attached hydrogens (primary N) is 1. The summed E-state index contributed by atoms with van der Waals surface area (Å²) in [5.41, 5.74) is 6.19. The summed E-state index contributed by atoms with van der Waals surface area (Å²) in [5.74, 6) is 1.31. The number of rotatable bonds is 3. The van der Waals surface area contributed by atoms with E-state index >= 15 is 0 Å². The number of fused-ring (bicyclic) bond motifs is 1. The second-order valence-electron chi connectivity index (χ2n) is 3.68. The molecular weight excluding hydrogens is 194 g/mol. The van der Waals surface area contributed by atoms with E-state index in [1.165, 1.54) is 0 Å². The van der Waals surface area contributed by atoms with Crippen LogP contribution in [0, 0.1) is 0 Å². The Kier molecular flexibility index (Phi) is 2.49. The molecule has 1 heterocycles. The molecule has 15 heavy (non-hydrogen) atoms. The molecule has 0 saturated carbocycles. The van der Waals surface area contributed by atoms with Gasteiger partial charge >= 0.3 is 0 Å². The fourth-order valence-electron chi connectivity index (χ4n) is 1.64. The van der Waals surface area contributed by atoms with Crippen molar-refractivity contribution in [2.75, 3.05) is 6.79 Å². The van der Waals surface area contributed by atoms with E-state index in [9.17, 15) is 4.79 Å². The number of hydrogen-bond acceptors (Lipinski definition) is 3. The predicted octanol–water partition coefficient (Wildman–Crippen LogP) is 1.39. The van der Waals surface area contributed by atoms with Crippen LogP contribution >= 0.6 is 0 Å². The Hall–Kier alpha value is -1.71. The fraction of sp³-hybridized carbons (Fsp3) is 0.364. The molecular formula is C11H13NO3. The number of benzene rings is 1. The van der Waals surface area contributed by atoms with Crippen LogP contribution in [0.15, 0.2) is 18.2 Å². The van der Waals surface area contributed by atoms with E-state index in [0.29, 0.717) is 6.42 Å². The minimum atomic E-state index is -0.292. The van der Waals surface area contributed by atoms with Crippen LogP contribution in [-0.2, 0) is 4.79 Å². The van der Waals surface area contributed by atoms with Gasteiger partial charge in [-0.2, -0.15) is 0 Å². The molecule has 0 spiro atoms. The molecule has 0 bridgehead atoms. The number of carbonyl (C=O) groups excluding carboxylic acids is 1. The van der Waals surface area contributed by atoms with Crippen molar-refractivity contribution in [3.8, 4) is 11.5 Å². The quantitative estimate of drug-likeness (QED) is 0.814. The average Bonchev–Trinajstić information content (AvgIpc) is 2.62. The molecule has 1 aliphatic rings. The third kappa shape index (κ3) is 2.03. The van der Waals surface area contributed by atoms with Crippen molar-refractivity contribution in [3.05, 3.63) is 23.8 Å². The highest BCUT2D eigenvalue weighted by atomic mass is 16.7. The first-order chi connectivity index (χ1) is 7.16. The standard InChI is InChI=1S/C11H13NO3/c1-7(4-11(12)13)8-2-3-9-10(5-8)15-6-14-9/h2-3,5,7H,4,6H2,1H3,(H2,12,13)/t7-/m1/s1. The molecule has 1 aromatic rings. The van der Waals surface area contributed by atoms with Crippen LogP contribution in [0.3, 0.4) is 0 Å². The van der Waals surface area contributed by atoms with Crippen molar-refractivity contribution < 1.29 is 14.3 Å². The van der Waals surface area contributed by atoms with E-state index in [4.69, 9.17) is 15.2 Å². The van der Waals surface area contributed by atoms with Crippen LogP contribution in [0.5, 0.6) is 11.5 Å². The van der Waals surface area contributed by atoms with Gasteiger partial charge in [-0.15, -0.1) is 0 Å². The molecule has 1 aliphatic heterocycles. The van der Waals surface area contributed by atoms with Gasteiger partial charge in [0, 0.05) is 6.42 Å². The summed E-state index contributed by atoms with van der Waals surface area (Å²) in [6.07, 6.45) is 0.347. The third-order valence-corrected chi connectivity index (χ3v) is 2.47. The van der Waals surface area contributed by atoms with Crippen molar-refractivity contribution in [1.29, 1.82) is 0 Å². The Morgan fingerprint density at radius 2 is 2.20 bits per heavy atom. The van der Waals surface area contributed by atoms with E-state index in [1.54, 1.807) is 0 Å². The van der Waals surface area contributed by atoms with Crippen LogP contribution in [0.2, 0.25) is 0 Å². The Labute approximate surface area is 88.0 Å². The number of ether oxygens (including phenoxy) is 2. The van der Waals surface area contributed by atoms with Crippen LogP contribution < -0.4 is 15.2 Å². The van der Waals surface area contributed by atoms with Gasteiger partial charge in [0.25, 0.3) is 0 Å². The lowest BCUT2D eigenvalue weighted by atomic mass is 9.97. The smallest absolute Gasteiger partial charge is 0.231 e. The van der Waals surface area contributed by atoms with Gasteiger partial charge in [0.1, 0.15) is 0 Å². The van der Waals surface area contributed by atoms with Crippen LogP contribution in [0.1, 0.15) is 24.8 Å². The molecule has 0 aliphatic carbocycles. The molecule has 0 saturated heterocycles. The molecule has 0 aromatic heterocycles. The number of amides is 1. The maximum Gasteiger partial charge on any atom is 0.231 e. The van der Waals surface area contributed by atoms with E-state index in [2.05, 4.69) is 0 Å². The molecule has 0 unspecified atom stereocenters. The summed E-state index contributed by atoms with van der Waals surface area (Å²) in [6, 6.07) is 5.69. The highest BCUT2D eigenvalue weighted by Crippen LogP contribution is 2.35. The second-order valence-corrected chi connectivity index (χ2v) is 3.68. The highest BCUT2D eigenvalue weighted by molar-refractivity contribution is 5.74. The van der Waals surface area contributed by atoms with Gasteiger partial charge in [0.2, 0.25) is 12.7 Å². The summed E-state index contributed by atoms with van der Waals surface area (Å²) in [7, 11) is 0. The summed E-state index contributed by atoms with van der Waals surface area (Å²) < 4.78 is 10.5. The molecule has 2 rings (SSSR count). The van der Waals surface area contributed by atoms with Gasteiger partial charge in [-0.25, -0.2) is 0 Å². The largest absolute Gasteiger partial charge is 0.454 e. The van der Waals surface area contributed by atoms with Gasteiger partial charge in [-0.3, -0.25) is 4.79 Å². The fourth-order valence-corrected chi connectivity index (χ4v) is 1.64. The molecule has 2 N–H and O–H groups in total. The Morgan fingerprint density at radius 3 is 2.93 bits per heavy atom. The summed E-state index contributed by atoms with van der Waals surface area (Å²) in [6.45, 7) is 2.23. The van der Waals surface area contributed by atoms with Crippen LogP contribution in [-0.4, -0.2) is 12.7 Å². The maximum absolute atomic E-state index is 10.8. The molecule has 80 valence electrons. The lowest BCUT2D eigenvalue weighted by Gasteiger charge is -2.09. The van der Waals surface area contributed by atoms with Gasteiger partial charge in [-0.1, -0.05) is 13.0 Å². The topological polar surface area (TPSA) is 61.6 Å². The zero-order valence-electron chi connectivity index (χ0n) is 8.53. The first kappa shape index (κ1) is 9.83. The zero-order valence-corrected chi connectivity index (χ0v) is 8.53. The minimum absolute atomic E-state index is 0.108. The van der Waals surface area contributed by atoms with E-state index in [0.717, 1.165) is 17.1 Å². The van der Waals surface area contributed by atoms with Crippen molar-refractivity contribution in [1.82, 2.24) is 0 Å². The van der Waals surface area contributed by atoms with Gasteiger partial charge in [0.05, 0.1) is 0 Å². The molecule has 4 heteroatoms. The first-order valence-electron chi connectivity index (χ1n) is 4.84. The van der Waals surface area contributed by atoms with Crippen molar-refractivity contribution in [3.63, 3.8) is 0 Å². The van der Waals surface area contributed by atoms with Gasteiger partial charge in [-0.05, 0) is 23.6 Å². The second kappa shape index (κ2) is 3.81.